The van der Waals surface area contributed by atoms with Gasteiger partial charge in [-0.25, -0.2) is 13.6 Å². The molecule has 7 heteroatoms. The van der Waals surface area contributed by atoms with E-state index in [1.165, 1.54) is 6.07 Å². The number of hydrogen-bond donors (Lipinski definition) is 2. The Morgan fingerprint density at radius 1 is 1.26 bits per heavy atom. The minimum absolute atomic E-state index is 0.0581. The lowest BCUT2D eigenvalue weighted by Gasteiger charge is -2.16. The van der Waals surface area contributed by atoms with Crippen molar-refractivity contribution in [3.8, 4) is 5.75 Å². The van der Waals surface area contributed by atoms with Crippen LogP contribution in [0.2, 0.25) is 0 Å². The van der Waals surface area contributed by atoms with E-state index >= 15 is 0 Å². The molecule has 0 aliphatic carbocycles. The average molecular weight is 321 g/mol. The number of aromatic nitrogens is 1. The number of benzene rings is 1. The lowest BCUT2D eigenvalue weighted by atomic mass is 10.3. The molecule has 0 radical (unpaired) electrons. The summed E-state index contributed by atoms with van der Waals surface area (Å²) in [5, 5.41) is 5.35. The van der Waals surface area contributed by atoms with Crippen molar-refractivity contribution in [2.45, 2.75) is 19.5 Å². The van der Waals surface area contributed by atoms with Crippen LogP contribution in [0.1, 0.15) is 12.5 Å². The molecule has 2 aromatic rings. The van der Waals surface area contributed by atoms with Crippen LogP contribution < -0.4 is 15.4 Å². The predicted octanol–water partition coefficient (Wildman–Crippen LogP) is 2.63. The van der Waals surface area contributed by atoms with Crippen LogP contribution in [0.5, 0.6) is 5.75 Å². The molecule has 5 nitrogen and oxygen atoms in total. The van der Waals surface area contributed by atoms with Crippen molar-refractivity contribution in [3.63, 3.8) is 0 Å². The van der Waals surface area contributed by atoms with Crippen LogP contribution in [0, 0.1) is 11.6 Å². The van der Waals surface area contributed by atoms with E-state index in [9.17, 15) is 13.6 Å². The normalized spacial score (nSPS) is 11.6. The van der Waals surface area contributed by atoms with Gasteiger partial charge in [0.25, 0.3) is 0 Å². The lowest BCUT2D eigenvalue weighted by molar-refractivity contribution is 0.224. The molecule has 0 saturated heterocycles. The molecule has 0 aliphatic heterocycles. The van der Waals surface area contributed by atoms with E-state index in [4.69, 9.17) is 4.74 Å². The zero-order chi connectivity index (χ0) is 16.7. The van der Waals surface area contributed by atoms with E-state index in [0.717, 1.165) is 17.7 Å². The van der Waals surface area contributed by atoms with Gasteiger partial charge in [-0.2, -0.15) is 0 Å². The fourth-order valence-corrected chi connectivity index (χ4v) is 1.81. The highest BCUT2D eigenvalue weighted by Gasteiger charge is 2.10. The van der Waals surface area contributed by atoms with Gasteiger partial charge in [-0.3, -0.25) is 4.98 Å². The van der Waals surface area contributed by atoms with Crippen molar-refractivity contribution >= 4 is 6.03 Å². The molecule has 2 amide bonds. The second-order valence-corrected chi connectivity index (χ2v) is 4.97. The van der Waals surface area contributed by atoms with E-state index in [-0.39, 0.29) is 24.4 Å². The standard InChI is InChI=1S/C16H17F2N3O2/c1-11(10-23-15-3-2-13(17)8-14(15)18)21-16(22)20-9-12-4-6-19-7-5-12/h2-8,11H,9-10H2,1H3,(H2,20,21,22). The first-order valence-corrected chi connectivity index (χ1v) is 7.05. The maximum absolute atomic E-state index is 13.4. The first-order valence-electron chi connectivity index (χ1n) is 7.05. The second-order valence-electron chi connectivity index (χ2n) is 4.97. The Balaban J connectivity index is 1.73. The largest absolute Gasteiger partial charge is 0.488 e. The fraction of sp³-hybridized carbons (Fsp3) is 0.250. The fourth-order valence-electron chi connectivity index (χ4n) is 1.81. The van der Waals surface area contributed by atoms with Gasteiger partial charge in [0.2, 0.25) is 0 Å². The Kier molecular flexibility index (Phi) is 5.85. The van der Waals surface area contributed by atoms with E-state index < -0.39 is 11.6 Å². The minimum Gasteiger partial charge on any atom is -0.488 e. The van der Waals surface area contributed by atoms with Gasteiger partial charge < -0.3 is 15.4 Å². The number of rotatable bonds is 6. The Morgan fingerprint density at radius 3 is 2.70 bits per heavy atom. The zero-order valence-corrected chi connectivity index (χ0v) is 12.6. The third-order valence-corrected chi connectivity index (χ3v) is 2.96. The van der Waals surface area contributed by atoms with Crippen LogP contribution in [0.4, 0.5) is 13.6 Å². The van der Waals surface area contributed by atoms with Gasteiger partial charge in [0.05, 0.1) is 6.04 Å². The quantitative estimate of drug-likeness (QED) is 0.860. The van der Waals surface area contributed by atoms with Crippen LogP contribution in [-0.2, 0) is 6.54 Å². The van der Waals surface area contributed by atoms with Gasteiger partial charge in [-0.05, 0) is 36.8 Å². The van der Waals surface area contributed by atoms with Gasteiger partial charge in [0.15, 0.2) is 11.6 Å². The van der Waals surface area contributed by atoms with Gasteiger partial charge in [-0.15, -0.1) is 0 Å². The van der Waals surface area contributed by atoms with Crippen molar-refractivity contribution < 1.29 is 18.3 Å². The predicted molar refractivity (Wildman–Crippen MR) is 80.9 cm³/mol. The molecule has 0 fully saturated rings. The topological polar surface area (TPSA) is 63.2 Å². The summed E-state index contributed by atoms with van der Waals surface area (Å²) in [6.45, 7) is 2.15. The van der Waals surface area contributed by atoms with E-state index in [0.29, 0.717) is 6.54 Å². The Hall–Kier alpha value is -2.70. The molecule has 0 spiro atoms. The molecule has 1 aromatic heterocycles. The number of carbonyl (C=O) groups excluding carboxylic acids is 1. The van der Waals surface area contributed by atoms with Crippen LogP contribution >= 0.6 is 0 Å². The number of nitrogens with one attached hydrogen (secondary N) is 2. The summed E-state index contributed by atoms with van der Waals surface area (Å²) in [7, 11) is 0. The number of carbonyl (C=O) groups is 1. The zero-order valence-electron chi connectivity index (χ0n) is 12.6. The van der Waals surface area contributed by atoms with Gasteiger partial charge in [-0.1, -0.05) is 0 Å². The molecular formula is C16H17F2N3O2. The van der Waals surface area contributed by atoms with Crippen LogP contribution in [-0.4, -0.2) is 23.7 Å². The van der Waals surface area contributed by atoms with Gasteiger partial charge >= 0.3 is 6.03 Å². The minimum atomic E-state index is -0.778. The number of halogens is 2. The molecule has 2 rings (SSSR count). The van der Waals surface area contributed by atoms with Crippen molar-refractivity contribution in [2.75, 3.05) is 6.61 Å². The average Bonchev–Trinajstić information content (AvgIpc) is 2.53. The summed E-state index contributed by atoms with van der Waals surface area (Å²) in [4.78, 5) is 15.6. The highest BCUT2D eigenvalue weighted by atomic mass is 19.1. The number of pyridine rings is 1. The first-order chi connectivity index (χ1) is 11.0. The number of hydrogen-bond acceptors (Lipinski definition) is 3. The molecule has 0 saturated carbocycles. The maximum Gasteiger partial charge on any atom is 0.315 e. The Labute approximate surface area is 132 Å². The number of nitrogens with zero attached hydrogens (tertiary/aromatic N) is 1. The molecule has 122 valence electrons. The second kappa shape index (κ2) is 8.07. The molecule has 1 aromatic carbocycles. The van der Waals surface area contributed by atoms with Crippen molar-refractivity contribution in [1.82, 2.24) is 15.6 Å². The summed E-state index contributed by atoms with van der Waals surface area (Å²) >= 11 is 0. The molecular weight excluding hydrogens is 304 g/mol. The van der Waals surface area contributed by atoms with Crippen LogP contribution in [0.25, 0.3) is 0 Å². The molecule has 1 heterocycles. The van der Waals surface area contributed by atoms with E-state index in [1.54, 1.807) is 31.5 Å². The summed E-state index contributed by atoms with van der Waals surface area (Å²) < 4.78 is 31.4. The molecule has 0 bridgehead atoms. The molecule has 2 N–H and O–H groups in total. The van der Waals surface area contributed by atoms with Gasteiger partial charge in [0.1, 0.15) is 12.4 Å². The highest BCUT2D eigenvalue weighted by Crippen LogP contribution is 2.17. The molecule has 0 aliphatic rings. The number of amides is 2. The Morgan fingerprint density at radius 2 is 2.00 bits per heavy atom. The first kappa shape index (κ1) is 16.7. The highest BCUT2D eigenvalue weighted by molar-refractivity contribution is 5.74. The summed E-state index contributed by atoms with van der Waals surface area (Å²) in [6.07, 6.45) is 3.28. The van der Waals surface area contributed by atoms with Crippen molar-refractivity contribution in [3.05, 3.63) is 59.9 Å². The third-order valence-electron chi connectivity index (χ3n) is 2.96. The smallest absolute Gasteiger partial charge is 0.315 e. The monoisotopic (exact) mass is 321 g/mol. The van der Waals surface area contributed by atoms with Crippen molar-refractivity contribution in [1.29, 1.82) is 0 Å². The summed E-state index contributed by atoms with van der Waals surface area (Å²) in [5.41, 5.74) is 0.924. The van der Waals surface area contributed by atoms with E-state index in [1.807, 2.05) is 0 Å². The Bertz CT molecular complexity index is 653. The maximum atomic E-state index is 13.4. The van der Waals surface area contributed by atoms with E-state index in [2.05, 4.69) is 15.6 Å². The number of urea groups is 1. The summed E-state index contributed by atoms with van der Waals surface area (Å²) in [5.74, 6) is -1.51. The SMILES string of the molecule is CC(COc1ccc(F)cc1F)NC(=O)NCc1ccncc1. The molecule has 23 heavy (non-hydrogen) atoms. The summed E-state index contributed by atoms with van der Waals surface area (Å²) in [6, 6.07) is 5.94. The lowest BCUT2D eigenvalue weighted by Crippen LogP contribution is -2.43. The van der Waals surface area contributed by atoms with Crippen LogP contribution in [0.3, 0.4) is 0 Å². The van der Waals surface area contributed by atoms with Crippen molar-refractivity contribution in [2.24, 2.45) is 0 Å². The van der Waals surface area contributed by atoms with Gasteiger partial charge in [0, 0.05) is 25.0 Å². The third kappa shape index (κ3) is 5.54. The van der Waals surface area contributed by atoms with Crippen LogP contribution in [0.15, 0.2) is 42.7 Å². The number of ether oxygens (including phenoxy) is 1. The molecule has 1 unspecified atom stereocenters. The molecule has 1 atom stereocenters.